The third-order valence-electron chi connectivity index (χ3n) is 7.28. The normalized spacial score (nSPS) is 20.1. The monoisotopic (exact) mass is 434 g/mol. The summed E-state index contributed by atoms with van der Waals surface area (Å²) >= 11 is 0. The summed E-state index contributed by atoms with van der Waals surface area (Å²) in [7, 11) is 0. The van der Waals surface area contributed by atoms with Gasteiger partial charge in [0.1, 0.15) is 17.3 Å². The first-order valence-electron chi connectivity index (χ1n) is 12.3. The van der Waals surface area contributed by atoms with Crippen molar-refractivity contribution in [2.24, 2.45) is 0 Å². The maximum atomic E-state index is 13.1. The molecule has 1 saturated carbocycles. The summed E-state index contributed by atoms with van der Waals surface area (Å²) in [5, 5.41) is 3.53. The molecule has 1 saturated heterocycles. The predicted molar refractivity (Wildman–Crippen MR) is 125 cm³/mol. The van der Waals surface area contributed by atoms with E-state index in [1.165, 1.54) is 37.7 Å². The second-order valence-electron chi connectivity index (χ2n) is 9.75. The van der Waals surface area contributed by atoms with E-state index in [4.69, 9.17) is 14.7 Å². The number of aromatic nitrogens is 2. The molecule has 1 aromatic carbocycles. The minimum absolute atomic E-state index is 0.0152. The van der Waals surface area contributed by atoms with Gasteiger partial charge in [-0.2, -0.15) is 0 Å². The fourth-order valence-corrected chi connectivity index (χ4v) is 5.28. The summed E-state index contributed by atoms with van der Waals surface area (Å²) in [6.45, 7) is 6.11. The summed E-state index contributed by atoms with van der Waals surface area (Å²) in [5.74, 6) is 2.50. The summed E-state index contributed by atoms with van der Waals surface area (Å²) in [4.78, 5) is 24.7. The van der Waals surface area contributed by atoms with Gasteiger partial charge in [0.05, 0.1) is 6.54 Å². The van der Waals surface area contributed by atoms with Gasteiger partial charge in [0, 0.05) is 36.4 Å². The van der Waals surface area contributed by atoms with Crippen LogP contribution in [0.3, 0.4) is 0 Å². The van der Waals surface area contributed by atoms with Crippen LogP contribution in [0.25, 0.3) is 0 Å². The average Bonchev–Trinajstić information content (AvgIpc) is 3.18. The summed E-state index contributed by atoms with van der Waals surface area (Å²) in [6, 6.07) is 8.95. The molecule has 0 spiro atoms. The maximum absolute atomic E-state index is 13.1. The number of nitrogens with zero attached hydrogens (tertiary/aromatic N) is 3. The lowest BCUT2D eigenvalue weighted by Crippen LogP contribution is -2.31. The minimum atomic E-state index is 0.0152. The summed E-state index contributed by atoms with van der Waals surface area (Å²) in [5.41, 5.74) is 3.93. The third kappa shape index (κ3) is 4.25. The Kier molecular flexibility index (Phi) is 6.13. The second-order valence-corrected chi connectivity index (χ2v) is 9.75. The van der Waals surface area contributed by atoms with E-state index in [0.29, 0.717) is 18.2 Å². The highest BCUT2D eigenvalue weighted by Crippen LogP contribution is 2.35. The molecule has 3 heterocycles. The lowest BCUT2D eigenvalue weighted by atomic mass is 9.84. The number of amides is 1. The van der Waals surface area contributed by atoms with Gasteiger partial charge in [0.2, 0.25) is 0 Å². The highest BCUT2D eigenvalue weighted by Gasteiger charge is 2.35. The number of ether oxygens (including phenoxy) is 1. The first-order chi connectivity index (χ1) is 15.6. The Balaban J connectivity index is 1.44. The minimum Gasteiger partial charge on any atom is -0.381 e. The molecule has 2 aliphatic heterocycles. The molecule has 1 aliphatic carbocycles. The molecule has 1 N–H and O–H groups in total. The van der Waals surface area contributed by atoms with Crippen molar-refractivity contribution in [3.05, 3.63) is 46.9 Å². The van der Waals surface area contributed by atoms with Crippen molar-refractivity contribution >= 4 is 17.4 Å². The molecule has 6 nitrogen and oxygen atoms in total. The molecule has 0 unspecified atom stereocenters. The number of carbonyl (C=O) groups is 1. The molecule has 0 atom stereocenters. The number of nitrogens with one attached hydrogen (secondary N) is 1. The van der Waals surface area contributed by atoms with Crippen LogP contribution in [-0.4, -0.2) is 40.0 Å². The van der Waals surface area contributed by atoms with Gasteiger partial charge < -0.3 is 15.0 Å². The number of anilines is 2. The van der Waals surface area contributed by atoms with Crippen LogP contribution in [0.1, 0.15) is 98.1 Å². The van der Waals surface area contributed by atoms with E-state index in [0.717, 1.165) is 48.9 Å². The summed E-state index contributed by atoms with van der Waals surface area (Å²) in [6.07, 6.45) is 8.45. The standard InChI is InChI=1S/C26H34N4O2/c1-17(2)30-16-22-23(26(30)31)28-24(20-12-14-32-15-13-20)29-25(22)27-21-10-8-19(9-11-21)18-6-4-3-5-7-18/h8-11,17-18,20H,3-7,12-16H2,1-2H3,(H,27,28,29). The second kappa shape index (κ2) is 9.18. The molecular weight excluding hydrogens is 400 g/mol. The fourth-order valence-electron chi connectivity index (χ4n) is 5.28. The van der Waals surface area contributed by atoms with Gasteiger partial charge in [0.25, 0.3) is 5.91 Å². The van der Waals surface area contributed by atoms with Gasteiger partial charge >= 0.3 is 0 Å². The maximum Gasteiger partial charge on any atom is 0.273 e. The van der Waals surface area contributed by atoms with Crippen LogP contribution in [0.4, 0.5) is 11.5 Å². The van der Waals surface area contributed by atoms with E-state index in [-0.39, 0.29) is 17.9 Å². The van der Waals surface area contributed by atoms with E-state index in [9.17, 15) is 4.79 Å². The SMILES string of the molecule is CC(C)N1Cc2c(Nc3ccc(C4CCCCC4)cc3)nc(C3CCOCC3)nc2C1=O. The molecule has 32 heavy (non-hydrogen) atoms. The van der Waals surface area contributed by atoms with Gasteiger partial charge in [-0.1, -0.05) is 31.4 Å². The highest BCUT2D eigenvalue weighted by atomic mass is 16.5. The Labute approximate surface area is 190 Å². The van der Waals surface area contributed by atoms with Crippen LogP contribution < -0.4 is 5.32 Å². The van der Waals surface area contributed by atoms with E-state index in [1.807, 2.05) is 18.7 Å². The Morgan fingerprint density at radius 2 is 1.69 bits per heavy atom. The van der Waals surface area contributed by atoms with E-state index in [2.05, 4.69) is 29.6 Å². The van der Waals surface area contributed by atoms with Crippen LogP contribution in [0.15, 0.2) is 24.3 Å². The molecular formula is C26H34N4O2. The predicted octanol–water partition coefficient (Wildman–Crippen LogP) is 5.53. The smallest absolute Gasteiger partial charge is 0.273 e. The zero-order chi connectivity index (χ0) is 22.1. The topological polar surface area (TPSA) is 67.3 Å². The quantitative estimate of drug-likeness (QED) is 0.670. The fraction of sp³-hybridized carbons (Fsp3) is 0.577. The molecule has 6 heteroatoms. The number of fused-ring (bicyclic) bond motifs is 1. The van der Waals surface area contributed by atoms with Crippen molar-refractivity contribution in [3.8, 4) is 0 Å². The zero-order valence-electron chi connectivity index (χ0n) is 19.3. The Morgan fingerprint density at radius 1 is 0.969 bits per heavy atom. The van der Waals surface area contributed by atoms with E-state index < -0.39 is 0 Å². The van der Waals surface area contributed by atoms with Gasteiger partial charge in [0.15, 0.2) is 0 Å². The van der Waals surface area contributed by atoms with Crippen LogP contribution in [0, 0.1) is 0 Å². The zero-order valence-corrected chi connectivity index (χ0v) is 19.3. The lowest BCUT2D eigenvalue weighted by molar-refractivity contribution is 0.0725. The van der Waals surface area contributed by atoms with E-state index in [1.54, 1.807) is 0 Å². The highest BCUT2D eigenvalue weighted by molar-refractivity contribution is 5.98. The molecule has 170 valence electrons. The molecule has 5 rings (SSSR count). The van der Waals surface area contributed by atoms with Crippen molar-refractivity contribution in [2.45, 2.75) is 83.2 Å². The van der Waals surface area contributed by atoms with E-state index >= 15 is 0 Å². The van der Waals surface area contributed by atoms with Crippen molar-refractivity contribution in [1.82, 2.24) is 14.9 Å². The molecule has 2 aromatic rings. The van der Waals surface area contributed by atoms with Crippen LogP contribution in [0.2, 0.25) is 0 Å². The van der Waals surface area contributed by atoms with Gasteiger partial charge in [-0.3, -0.25) is 4.79 Å². The van der Waals surface area contributed by atoms with Gasteiger partial charge in [-0.15, -0.1) is 0 Å². The largest absolute Gasteiger partial charge is 0.381 e. The van der Waals surface area contributed by atoms with Crippen LogP contribution in [0.5, 0.6) is 0 Å². The van der Waals surface area contributed by atoms with Crippen molar-refractivity contribution in [1.29, 1.82) is 0 Å². The molecule has 2 fully saturated rings. The third-order valence-corrected chi connectivity index (χ3v) is 7.28. The summed E-state index contributed by atoms with van der Waals surface area (Å²) < 4.78 is 5.52. The molecule has 3 aliphatic rings. The number of hydrogen-bond acceptors (Lipinski definition) is 5. The number of hydrogen-bond donors (Lipinski definition) is 1. The Morgan fingerprint density at radius 3 is 2.38 bits per heavy atom. The molecule has 1 aromatic heterocycles. The Hall–Kier alpha value is -2.47. The lowest BCUT2D eigenvalue weighted by Gasteiger charge is -2.23. The molecule has 1 amide bonds. The van der Waals surface area contributed by atoms with Crippen LogP contribution >= 0.6 is 0 Å². The van der Waals surface area contributed by atoms with Gasteiger partial charge in [-0.05, 0) is 63.1 Å². The van der Waals surface area contributed by atoms with Crippen molar-refractivity contribution < 1.29 is 9.53 Å². The average molecular weight is 435 g/mol. The molecule has 0 bridgehead atoms. The van der Waals surface area contributed by atoms with Crippen molar-refractivity contribution in [2.75, 3.05) is 18.5 Å². The number of benzene rings is 1. The van der Waals surface area contributed by atoms with Gasteiger partial charge in [-0.25, -0.2) is 9.97 Å². The Bertz CT molecular complexity index is 961. The van der Waals surface area contributed by atoms with Crippen LogP contribution in [-0.2, 0) is 11.3 Å². The van der Waals surface area contributed by atoms with Crippen molar-refractivity contribution in [3.63, 3.8) is 0 Å². The first-order valence-corrected chi connectivity index (χ1v) is 12.3. The first kappa shape index (κ1) is 21.4. The molecule has 0 radical (unpaired) electrons. The number of carbonyl (C=O) groups excluding carboxylic acids is 1. The number of rotatable bonds is 5.